The molecule has 88 valence electrons. The van der Waals surface area contributed by atoms with Gasteiger partial charge in [0.05, 0.1) is 0 Å². The summed E-state index contributed by atoms with van der Waals surface area (Å²) in [6.07, 6.45) is 6.86. The van der Waals surface area contributed by atoms with Crippen LogP contribution in [0, 0.1) is 5.41 Å². The molecule has 1 heterocycles. The summed E-state index contributed by atoms with van der Waals surface area (Å²) in [5.41, 5.74) is 2.13. The maximum atomic E-state index is 4.26. The molecule has 0 amide bonds. The summed E-state index contributed by atoms with van der Waals surface area (Å²) in [5.74, 6) is 0. The van der Waals surface area contributed by atoms with Crippen LogP contribution in [0.3, 0.4) is 0 Å². The molecular weight excluding hydrogens is 182 g/mol. The zero-order chi connectivity index (χ0) is 11.3. The van der Waals surface area contributed by atoms with E-state index in [1.807, 2.05) is 13.8 Å². The maximum absolute atomic E-state index is 4.26. The molecule has 1 nitrogen and oxygen atoms in total. The van der Waals surface area contributed by atoms with Crippen LogP contribution in [-0.4, -0.2) is 24.5 Å². The van der Waals surface area contributed by atoms with Crippen LogP contribution in [0.15, 0.2) is 12.2 Å². The fraction of sp³-hybridized carbons (Fsp3) is 0.857. The molecule has 0 aromatic carbocycles. The van der Waals surface area contributed by atoms with Crippen molar-refractivity contribution in [2.75, 3.05) is 19.6 Å². The summed E-state index contributed by atoms with van der Waals surface area (Å²) < 4.78 is 0. The van der Waals surface area contributed by atoms with Crippen LogP contribution < -0.4 is 0 Å². The lowest BCUT2D eigenvalue weighted by Gasteiger charge is -2.39. The quantitative estimate of drug-likeness (QED) is 0.593. The van der Waals surface area contributed by atoms with E-state index < -0.39 is 0 Å². The first kappa shape index (κ1) is 12.8. The molecule has 2 aliphatic rings. The molecule has 1 aliphatic carbocycles. The summed E-state index contributed by atoms with van der Waals surface area (Å²) in [5, 5.41) is 0. The fourth-order valence-corrected chi connectivity index (χ4v) is 2.98. The molecular formula is C14H27N. The third kappa shape index (κ3) is 2.63. The van der Waals surface area contributed by atoms with Gasteiger partial charge in [0.25, 0.3) is 0 Å². The lowest BCUT2D eigenvalue weighted by atomic mass is 9.74. The number of nitrogens with zero attached hydrogens (tertiary/aromatic N) is 1. The highest BCUT2D eigenvalue weighted by atomic mass is 15.1. The van der Waals surface area contributed by atoms with Crippen molar-refractivity contribution in [2.24, 2.45) is 5.41 Å². The minimum atomic E-state index is 0.575. The van der Waals surface area contributed by atoms with Crippen LogP contribution in [-0.2, 0) is 0 Å². The first-order chi connectivity index (χ1) is 7.27. The van der Waals surface area contributed by atoms with Gasteiger partial charge in [-0.1, -0.05) is 32.9 Å². The standard InChI is InChI=1S/C12H21N.C2H6/c1-3-13-9-7-12(8-10-13)6-4-5-11(12)2;1-2/h2-10H2,1H3;1-2H3. The van der Waals surface area contributed by atoms with Crippen molar-refractivity contribution in [1.29, 1.82) is 0 Å². The molecule has 1 spiro atoms. The Bertz CT molecular complexity index is 199. The Balaban J connectivity index is 0.000000531. The van der Waals surface area contributed by atoms with Crippen molar-refractivity contribution in [3.8, 4) is 0 Å². The molecule has 15 heavy (non-hydrogen) atoms. The Hall–Kier alpha value is -0.300. The third-order valence-electron chi connectivity index (χ3n) is 4.14. The second-order valence-electron chi connectivity index (χ2n) is 4.67. The SMILES string of the molecule is C=C1CCCC12CCN(CC)CC2.CC. The van der Waals surface area contributed by atoms with Gasteiger partial charge in [-0.25, -0.2) is 0 Å². The Morgan fingerprint density at radius 1 is 1.20 bits per heavy atom. The summed E-state index contributed by atoms with van der Waals surface area (Å²) >= 11 is 0. The molecule has 1 heteroatoms. The summed E-state index contributed by atoms with van der Waals surface area (Å²) in [7, 11) is 0. The Kier molecular flexibility index (Phi) is 4.85. The summed E-state index contributed by atoms with van der Waals surface area (Å²) in [4.78, 5) is 2.57. The van der Waals surface area contributed by atoms with Crippen molar-refractivity contribution in [2.45, 2.75) is 52.9 Å². The van der Waals surface area contributed by atoms with Gasteiger partial charge < -0.3 is 4.90 Å². The number of piperidine rings is 1. The fourth-order valence-electron chi connectivity index (χ4n) is 2.98. The van der Waals surface area contributed by atoms with E-state index in [2.05, 4.69) is 18.4 Å². The van der Waals surface area contributed by atoms with E-state index in [1.165, 1.54) is 51.7 Å². The van der Waals surface area contributed by atoms with E-state index in [9.17, 15) is 0 Å². The van der Waals surface area contributed by atoms with Crippen LogP contribution in [0.25, 0.3) is 0 Å². The molecule has 1 saturated carbocycles. The van der Waals surface area contributed by atoms with Gasteiger partial charge in [-0.3, -0.25) is 0 Å². The van der Waals surface area contributed by atoms with Gasteiger partial charge in [0.2, 0.25) is 0 Å². The second kappa shape index (κ2) is 5.69. The van der Waals surface area contributed by atoms with Crippen molar-refractivity contribution in [1.82, 2.24) is 4.90 Å². The Morgan fingerprint density at radius 2 is 1.80 bits per heavy atom. The van der Waals surface area contributed by atoms with Crippen LogP contribution in [0.5, 0.6) is 0 Å². The van der Waals surface area contributed by atoms with Crippen LogP contribution in [0.2, 0.25) is 0 Å². The topological polar surface area (TPSA) is 3.24 Å². The predicted molar refractivity (Wildman–Crippen MR) is 68.1 cm³/mol. The largest absolute Gasteiger partial charge is 0.304 e. The number of hydrogen-bond acceptors (Lipinski definition) is 1. The van der Waals surface area contributed by atoms with Crippen LogP contribution in [0.4, 0.5) is 0 Å². The molecule has 1 saturated heterocycles. The number of rotatable bonds is 1. The number of allylic oxidation sites excluding steroid dienone is 1. The monoisotopic (exact) mass is 209 g/mol. The zero-order valence-electron chi connectivity index (χ0n) is 10.8. The Labute approximate surface area is 95.5 Å². The predicted octanol–water partition coefficient (Wildman–Crippen LogP) is 3.85. The molecule has 0 N–H and O–H groups in total. The second-order valence-corrected chi connectivity index (χ2v) is 4.67. The highest BCUT2D eigenvalue weighted by Gasteiger charge is 2.39. The average molecular weight is 209 g/mol. The lowest BCUT2D eigenvalue weighted by Crippen LogP contribution is -2.39. The molecule has 0 aromatic heterocycles. The number of likely N-dealkylation sites (tertiary alicyclic amines) is 1. The van der Waals surface area contributed by atoms with Crippen molar-refractivity contribution in [3.63, 3.8) is 0 Å². The highest BCUT2D eigenvalue weighted by Crippen LogP contribution is 2.49. The minimum absolute atomic E-state index is 0.575. The first-order valence-electron chi connectivity index (χ1n) is 6.67. The van der Waals surface area contributed by atoms with Crippen LogP contribution >= 0.6 is 0 Å². The van der Waals surface area contributed by atoms with E-state index in [0.717, 1.165) is 0 Å². The lowest BCUT2D eigenvalue weighted by molar-refractivity contribution is 0.141. The molecule has 0 atom stereocenters. The zero-order valence-corrected chi connectivity index (χ0v) is 10.8. The third-order valence-corrected chi connectivity index (χ3v) is 4.14. The van der Waals surface area contributed by atoms with Gasteiger partial charge in [-0.15, -0.1) is 0 Å². The molecule has 0 radical (unpaired) electrons. The Morgan fingerprint density at radius 3 is 2.20 bits per heavy atom. The van der Waals surface area contributed by atoms with Gasteiger partial charge in [-0.05, 0) is 57.2 Å². The molecule has 2 fully saturated rings. The summed E-state index contributed by atoms with van der Waals surface area (Å²) in [6, 6.07) is 0. The minimum Gasteiger partial charge on any atom is -0.304 e. The average Bonchev–Trinajstić information content (AvgIpc) is 2.65. The summed E-state index contributed by atoms with van der Waals surface area (Å²) in [6.45, 7) is 14.4. The molecule has 0 bridgehead atoms. The van der Waals surface area contributed by atoms with Gasteiger partial charge in [0.15, 0.2) is 0 Å². The highest BCUT2D eigenvalue weighted by molar-refractivity contribution is 5.16. The molecule has 2 rings (SSSR count). The van der Waals surface area contributed by atoms with Gasteiger partial charge in [0, 0.05) is 0 Å². The molecule has 0 unspecified atom stereocenters. The van der Waals surface area contributed by atoms with Crippen molar-refractivity contribution >= 4 is 0 Å². The normalized spacial score (nSPS) is 25.1. The van der Waals surface area contributed by atoms with Gasteiger partial charge in [0.1, 0.15) is 0 Å². The van der Waals surface area contributed by atoms with Crippen molar-refractivity contribution < 1.29 is 0 Å². The van der Waals surface area contributed by atoms with Gasteiger partial charge in [-0.2, -0.15) is 0 Å². The maximum Gasteiger partial charge on any atom is -0.00105 e. The van der Waals surface area contributed by atoms with E-state index in [0.29, 0.717) is 5.41 Å². The van der Waals surface area contributed by atoms with E-state index in [1.54, 1.807) is 5.57 Å². The van der Waals surface area contributed by atoms with Crippen LogP contribution in [0.1, 0.15) is 52.9 Å². The van der Waals surface area contributed by atoms with Gasteiger partial charge >= 0.3 is 0 Å². The molecule has 1 aliphatic heterocycles. The van der Waals surface area contributed by atoms with Crippen molar-refractivity contribution in [3.05, 3.63) is 12.2 Å². The van der Waals surface area contributed by atoms with E-state index in [4.69, 9.17) is 0 Å². The van der Waals surface area contributed by atoms with E-state index in [-0.39, 0.29) is 0 Å². The first-order valence-corrected chi connectivity index (χ1v) is 6.67. The smallest absolute Gasteiger partial charge is 0.00105 e. The molecule has 0 aromatic rings. The van der Waals surface area contributed by atoms with E-state index >= 15 is 0 Å². The number of hydrogen-bond donors (Lipinski definition) is 0.